The number of piperidine rings is 1. The van der Waals surface area contributed by atoms with Gasteiger partial charge in [0, 0.05) is 6.54 Å². The maximum Gasteiger partial charge on any atom is 0.307 e. The van der Waals surface area contributed by atoms with Crippen LogP contribution in [0.15, 0.2) is 66.7 Å². The van der Waals surface area contributed by atoms with Gasteiger partial charge in [0.15, 0.2) is 0 Å². The number of carboxylic acids is 1. The fourth-order valence-electron chi connectivity index (χ4n) is 4.16. The first-order chi connectivity index (χ1) is 13.1. The molecule has 0 aromatic heterocycles. The smallest absolute Gasteiger partial charge is 0.307 e. The fraction of sp³-hybridized carbons (Fsp3) is 0.261. The Hall–Kier alpha value is -2.72. The minimum atomic E-state index is -0.740. The van der Waals surface area contributed by atoms with Gasteiger partial charge in [-0.1, -0.05) is 54.6 Å². The number of nitrogens with zero attached hydrogens (tertiary/aromatic N) is 1. The van der Waals surface area contributed by atoms with E-state index in [1.807, 2.05) is 30.3 Å². The lowest BCUT2D eigenvalue weighted by Gasteiger charge is -2.38. The summed E-state index contributed by atoms with van der Waals surface area (Å²) < 4.78 is 13.5. The molecule has 1 N–H and O–H groups in total. The van der Waals surface area contributed by atoms with Gasteiger partial charge < -0.3 is 5.11 Å². The van der Waals surface area contributed by atoms with Gasteiger partial charge in [0.25, 0.3) is 0 Å². The van der Waals surface area contributed by atoms with Crippen LogP contribution in [-0.2, 0) is 4.79 Å². The lowest BCUT2D eigenvalue weighted by atomic mass is 9.89. The summed E-state index contributed by atoms with van der Waals surface area (Å²) >= 11 is 0. The van der Waals surface area contributed by atoms with Crippen LogP contribution < -0.4 is 0 Å². The lowest BCUT2D eigenvalue weighted by molar-refractivity contribution is -0.143. The summed E-state index contributed by atoms with van der Waals surface area (Å²) in [6.45, 7) is 1.33. The lowest BCUT2D eigenvalue weighted by Crippen LogP contribution is -2.41. The van der Waals surface area contributed by atoms with Crippen LogP contribution in [0.2, 0.25) is 0 Å². The van der Waals surface area contributed by atoms with Gasteiger partial charge in [0.1, 0.15) is 5.82 Å². The molecule has 1 saturated heterocycles. The van der Waals surface area contributed by atoms with Crippen LogP contribution in [0.4, 0.5) is 4.39 Å². The SMILES string of the molecule is O=C(O)C1CCCN(C(c2ccc(F)cc2)c2cccc3ccccc23)C1. The van der Waals surface area contributed by atoms with E-state index in [9.17, 15) is 14.3 Å². The molecule has 0 aliphatic carbocycles. The predicted molar refractivity (Wildman–Crippen MR) is 104 cm³/mol. The molecule has 1 aliphatic rings. The van der Waals surface area contributed by atoms with Gasteiger partial charge in [-0.3, -0.25) is 9.69 Å². The molecular formula is C23H22FNO2. The van der Waals surface area contributed by atoms with Crippen LogP contribution in [0.3, 0.4) is 0 Å². The number of benzene rings is 3. The summed E-state index contributed by atoms with van der Waals surface area (Å²) in [7, 11) is 0. The molecule has 3 aromatic rings. The second-order valence-electron chi connectivity index (χ2n) is 7.19. The highest BCUT2D eigenvalue weighted by atomic mass is 19.1. The summed E-state index contributed by atoms with van der Waals surface area (Å²) in [6.07, 6.45) is 1.55. The molecule has 2 unspecified atom stereocenters. The molecule has 0 saturated carbocycles. The highest BCUT2D eigenvalue weighted by molar-refractivity contribution is 5.86. The van der Waals surface area contributed by atoms with Crippen LogP contribution in [-0.4, -0.2) is 29.1 Å². The molecule has 3 nitrogen and oxygen atoms in total. The summed E-state index contributed by atoms with van der Waals surface area (Å²) in [4.78, 5) is 13.8. The van der Waals surface area contributed by atoms with E-state index in [1.54, 1.807) is 0 Å². The Labute approximate surface area is 158 Å². The number of halogens is 1. The molecule has 1 heterocycles. The van der Waals surface area contributed by atoms with Crippen molar-refractivity contribution in [3.05, 3.63) is 83.7 Å². The molecule has 0 amide bonds. The maximum absolute atomic E-state index is 13.5. The van der Waals surface area contributed by atoms with E-state index in [2.05, 4.69) is 29.2 Å². The molecule has 2 atom stereocenters. The normalized spacial score (nSPS) is 19.1. The van der Waals surface area contributed by atoms with E-state index in [0.717, 1.165) is 34.9 Å². The second-order valence-corrected chi connectivity index (χ2v) is 7.19. The van der Waals surface area contributed by atoms with E-state index in [1.165, 1.54) is 12.1 Å². The van der Waals surface area contributed by atoms with E-state index in [-0.39, 0.29) is 17.8 Å². The van der Waals surface area contributed by atoms with Gasteiger partial charge in [-0.2, -0.15) is 0 Å². The first-order valence-electron chi connectivity index (χ1n) is 9.33. The Morgan fingerprint density at radius 3 is 2.56 bits per heavy atom. The van der Waals surface area contributed by atoms with Gasteiger partial charge in [-0.25, -0.2) is 4.39 Å². The van der Waals surface area contributed by atoms with E-state index in [4.69, 9.17) is 0 Å². The van der Waals surface area contributed by atoms with Crippen molar-refractivity contribution in [2.24, 2.45) is 5.92 Å². The first kappa shape index (κ1) is 17.7. The zero-order chi connectivity index (χ0) is 18.8. The number of fused-ring (bicyclic) bond motifs is 1. The van der Waals surface area contributed by atoms with Crippen LogP contribution >= 0.6 is 0 Å². The number of carboxylic acid groups (broad SMARTS) is 1. The van der Waals surface area contributed by atoms with Gasteiger partial charge in [-0.05, 0) is 53.4 Å². The largest absolute Gasteiger partial charge is 0.481 e. The highest BCUT2D eigenvalue weighted by Gasteiger charge is 2.31. The second kappa shape index (κ2) is 7.49. The third-order valence-corrected chi connectivity index (χ3v) is 5.47. The number of likely N-dealkylation sites (tertiary alicyclic amines) is 1. The molecule has 3 aromatic carbocycles. The van der Waals surface area contributed by atoms with Crippen LogP contribution in [0.25, 0.3) is 10.8 Å². The molecule has 0 radical (unpaired) electrons. The highest BCUT2D eigenvalue weighted by Crippen LogP contribution is 2.36. The molecule has 1 fully saturated rings. The minimum absolute atomic E-state index is 0.0983. The van der Waals surface area contributed by atoms with Crippen molar-refractivity contribution >= 4 is 16.7 Å². The van der Waals surface area contributed by atoms with Crippen LogP contribution in [0.1, 0.15) is 30.0 Å². The van der Waals surface area contributed by atoms with Crippen molar-refractivity contribution in [3.63, 3.8) is 0 Å². The number of aliphatic carboxylic acids is 1. The summed E-state index contributed by atoms with van der Waals surface area (Å²) in [5, 5.41) is 11.8. The standard InChI is InChI=1S/C23H22FNO2/c24-19-12-10-17(11-13-19)22(25-14-4-7-18(15-25)23(26)27)21-9-3-6-16-5-1-2-8-20(16)21/h1-3,5-6,8-13,18,22H,4,7,14-15H2,(H,26,27). The van der Waals surface area contributed by atoms with Gasteiger partial charge in [0.05, 0.1) is 12.0 Å². The average molecular weight is 363 g/mol. The van der Waals surface area contributed by atoms with E-state index in [0.29, 0.717) is 13.0 Å². The third kappa shape index (κ3) is 3.58. The van der Waals surface area contributed by atoms with Crippen molar-refractivity contribution in [1.29, 1.82) is 0 Å². The van der Waals surface area contributed by atoms with Crippen LogP contribution in [0.5, 0.6) is 0 Å². The Morgan fingerprint density at radius 1 is 1.04 bits per heavy atom. The quantitative estimate of drug-likeness (QED) is 0.719. The zero-order valence-electron chi connectivity index (χ0n) is 15.0. The fourth-order valence-corrected chi connectivity index (χ4v) is 4.16. The Bertz CT molecular complexity index is 949. The van der Waals surface area contributed by atoms with Gasteiger partial charge in [0.2, 0.25) is 0 Å². The van der Waals surface area contributed by atoms with Crippen molar-refractivity contribution in [2.45, 2.75) is 18.9 Å². The van der Waals surface area contributed by atoms with E-state index < -0.39 is 5.97 Å². The molecular weight excluding hydrogens is 341 g/mol. The number of hydrogen-bond acceptors (Lipinski definition) is 2. The maximum atomic E-state index is 13.5. The van der Waals surface area contributed by atoms with Crippen molar-refractivity contribution in [1.82, 2.24) is 4.90 Å². The summed E-state index contributed by atoms with van der Waals surface area (Å²) in [6, 6.07) is 20.9. The van der Waals surface area contributed by atoms with Crippen molar-refractivity contribution in [3.8, 4) is 0 Å². The molecule has 4 heteroatoms. The Kier molecular flexibility index (Phi) is 4.90. The average Bonchev–Trinajstić information content (AvgIpc) is 2.70. The zero-order valence-corrected chi connectivity index (χ0v) is 15.0. The van der Waals surface area contributed by atoms with Crippen molar-refractivity contribution < 1.29 is 14.3 Å². The topological polar surface area (TPSA) is 40.5 Å². The minimum Gasteiger partial charge on any atom is -0.481 e. The monoisotopic (exact) mass is 363 g/mol. The predicted octanol–water partition coefficient (Wildman–Crippen LogP) is 4.86. The van der Waals surface area contributed by atoms with Crippen LogP contribution in [0, 0.1) is 11.7 Å². The van der Waals surface area contributed by atoms with Gasteiger partial charge in [-0.15, -0.1) is 0 Å². The number of carbonyl (C=O) groups is 1. The molecule has 0 spiro atoms. The number of rotatable bonds is 4. The Balaban J connectivity index is 1.83. The van der Waals surface area contributed by atoms with Gasteiger partial charge >= 0.3 is 5.97 Å². The van der Waals surface area contributed by atoms with E-state index >= 15 is 0 Å². The molecule has 27 heavy (non-hydrogen) atoms. The third-order valence-electron chi connectivity index (χ3n) is 5.47. The molecule has 138 valence electrons. The summed E-state index contributed by atoms with van der Waals surface area (Å²) in [5.74, 6) is -1.37. The Morgan fingerprint density at radius 2 is 1.78 bits per heavy atom. The number of hydrogen-bond donors (Lipinski definition) is 1. The molecule has 1 aliphatic heterocycles. The summed E-state index contributed by atoms with van der Waals surface area (Å²) in [5.41, 5.74) is 2.12. The molecule has 0 bridgehead atoms. The molecule has 4 rings (SSSR count). The van der Waals surface area contributed by atoms with Crippen molar-refractivity contribution in [2.75, 3.05) is 13.1 Å². The first-order valence-corrected chi connectivity index (χ1v) is 9.33.